The smallest absolute Gasteiger partial charge is 0.267 e. The highest BCUT2D eigenvalue weighted by Crippen LogP contribution is 2.14. The van der Waals surface area contributed by atoms with E-state index in [2.05, 4.69) is 0 Å². The molecule has 4 nitrogen and oxygen atoms in total. The van der Waals surface area contributed by atoms with Crippen LogP contribution in [0.4, 0.5) is 0 Å². The molecule has 5 heteroatoms. The first-order chi connectivity index (χ1) is 7.93. The molecule has 1 atom stereocenters. The van der Waals surface area contributed by atoms with Gasteiger partial charge in [-0.15, -0.1) is 0 Å². The van der Waals surface area contributed by atoms with Gasteiger partial charge < -0.3 is 4.74 Å². The molecule has 17 heavy (non-hydrogen) atoms. The van der Waals surface area contributed by atoms with Crippen LogP contribution in [0.3, 0.4) is 0 Å². The topological polar surface area (TPSA) is 63.6 Å². The maximum absolute atomic E-state index is 11.0. The second-order valence-electron chi connectivity index (χ2n) is 4.00. The molecule has 1 aromatic rings. The minimum atomic E-state index is -3.96. The molecule has 1 unspecified atom stereocenters. The number of aryl methyl sites for hydroxylation is 1. The zero-order chi connectivity index (χ0) is 12.9. The van der Waals surface area contributed by atoms with Crippen molar-refractivity contribution in [1.82, 2.24) is 0 Å². The average Bonchev–Trinajstić information content (AvgIpc) is 2.22. The Balaban J connectivity index is 2.47. The van der Waals surface area contributed by atoms with Crippen LogP contribution in [-0.2, 0) is 10.1 Å². The molecule has 0 spiro atoms. The van der Waals surface area contributed by atoms with Crippen LogP contribution in [-0.4, -0.2) is 24.8 Å². The van der Waals surface area contributed by atoms with E-state index in [9.17, 15) is 8.42 Å². The first-order valence-electron chi connectivity index (χ1n) is 5.59. The van der Waals surface area contributed by atoms with Gasteiger partial charge in [0.05, 0.1) is 11.9 Å². The molecule has 0 saturated carbocycles. The largest absolute Gasteiger partial charge is 0.494 e. The molecule has 0 amide bonds. The van der Waals surface area contributed by atoms with Gasteiger partial charge in [-0.2, -0.15) is 8.42 Å². The Morgan fingerprint density at radius 3 is 2.65 bits per heavy atom. The summed E-state index contributed by atoms with van der Waals surface area (Å²) in [7, 11) is -3.96. The summed E-state index contributed by atoms with van der Waals surface area (Å²) in [5, 5.41) is -0.743. The van der Waals surface area contributed by atoms with Gasteiger partial charge in [0.2, 0.25) is 0 Å². The molecule has 0 heterocycles. The summed E-state index contributed by atoms with van der Waals surface area (Å²) in [5.41, 5.74) is 1.09. The van der Waals surface area contributed by atoms with Crippen LogP contribution in [0.25, 0.3) is 0 Å². The zero-order valence-corrected chi connectivity index (χ0v) is 10.9. The lowest BCUT2D eigenvalue weighted by molar-refractivity contribution is 0.303. The molecular formula is C12H18O4S. The van der Waals surface area contributed by atoms with Gasteiger partial charge in [-0.25, -0.2) is 0 Å². The summed E-state index contributed by atoms with van der Waals surface area (Å²) in [6.45, 7) is 3.97. The molecule has 0 saturated heterocycles. The summed E-state index contributed by atoms with van der Waals surface area (Å²) in [4.78, 5) is 0. The molecule has 0 fully saturated rings. The summed E-state index contributed by atoms with van der Waals surface area (Å²) in [6, 6.07) is 7.54. The van der Waals surface area contributed by atoms with E-state index in [-0.39, 0.29) is 6.61 Å². The number of ether oxygens (including phenoxy) is 1. The lowest BCUT2D eigenvalue weighted by Gasteiger charge is -2.12. The van der Waals surface area contributed by atoms with Crippen molar-refractivity contribution < 1.29 is 17.7 Å². The highest BCUT2D eigenvalue weighted by molar-refractivity contribution is 7.86. The van der Waals surface area contributed by atoms with Gasteiger partial charge in [-0.1, -0.05) is 19.1 Å². The van der Waals surface area contributed by atoms with Crippen LogP contribution in [0.1, 0.15) is 25.3 Å². The molecule has 0 aliphatic carbocycles. The van der Waals surface area contributed by atoms with Crippen molar-refractivity contribution in [3.05, 3.63) is 29.8 Å². The Labute approximate surface area is 102 Å². The van der Waals surface area contributed by atoms with Crippen LogP contribution in [0, 0.1) is 6.92 Å². The average molecular weight is 258 g/mol. The fourth-order valence-electron chi connectivity index (χ4n) is 1.58. The van der Waals surface area contributed by atoms with Crippen molar-refractivity contribution in [2.24, 2.45) is 0 Å². The van der Waals surface area contributed by atoms with E-state index >= 15 is 0 Å². The molecule has 0 aromatic heterocycles. The maximum Gasteiger partial charge on any atom is 0.267 e. The van der Waals surface area contributed by atoms with Crippen LogP contribution < -0.4 is 4.74 Å². The minimum absolute atomic E-state index is 0.280. The van der Waals surface area contributed by atoms with Gasteiger partial charge in [0.1, 0.15) is 5.75 Å². The van der Waals surface area contributed by atoms with Crippen molar-refractivity contribution in [3.63, 3.8) is 0 Å². The minimum Gasteiger partial charge on any atom is -0.494 e. The van der Waals surface area contributed by atoms with E-state index in [1.807, 2.05) is 31.2 Å². The van der Waals surface area contributed by atoms with Crippen LogP contribution in [0.15, 0.2) is 24.3 Å². The summed E-state index contributed by atoms with van der Waals surface area (Å²) in [5.74, 6) is 0.718. The maximum atomic E-state index is 11.0. The van der Waals surface area contributed by atoms with E-state index in [1.54, 1.807) is 6.92 Å². The van der Waals surface area contributed by atoms with E-state index in [4.69, 9.17) is 9.29 Å². The number of benzene rings is 1. The van der Waals surface area contributed by atoms with Crippen molar-refractivity contribution in [2.45, 2.75) is 31.9 Å². The monoisotopic (exact) mass is 258 g/mol. The molecule has 0 aliphatic heterocycles. The molecule has 1 N–H and O–H groups in total. The van der Waals surface area contributed by atoms with Crippen molar-refractivity contribution in [3.8, 4) is 5.75 Å². The Kier molecular flexibility index (Phi) is 4.96. The van der Waals surface area contributed by atoms with Crippen molar-refractivity contribution >= 4 is 10.1 Å². The second kappa shape index (κ2) is 6.02. The predicted molar refractivity (Wildman–Crippen MR) is 66.9 cm³/mol. The van der Waals surface area contributed by atoms with Crippen LogP contribution in [0.2, 0.25) is 0 Å². The lowest BCUT2D eigenvalue weighted by atomic mass is 10.2. The van der Waals surface area contributed by atoms with Crippen LogP contribution in [0.5, 0.6) is 5.75 Å². The molecule has 0 radical (unpaired) electrons. The van der Waals surface area contributed by atoms with E-state index in [0.29, 0.717) is 12.8 Å². The van der Waals surface area contributed by atoms with Gasteiger partial charge >= 0.3 is 0 Å². The van der Waals surface area contributed by atoms with Crippen molar-refractivity contribution in [1.29, 1.82) is 0 Å². The number of hydrogen-bond acceptors (Lipinski definition) is 3. The Morgan fingerprint density at radius 2 is 2.12 bits per heavy atom. The number of rotatable bonds is 6. The van der Waals surface area contributed by atoms with E-state index < -0.39 is 15.4 Å². The van der Waals surface area contributed by atoms with Gasteiger partial charge in [0.15, 0.2) is 0 Å². The summed E-state index contributed by atoms with van der Waals surface area (Å²) < 4.78 is 36.3. The number of hydrogen-bond donors (Lipinski definition) is 1. The second-order valence-corrected chi connectivity index (χ2v) is 5.70. The van der Waals surface area contributed by atoms with Gasteiger partial charge in [-0.3, -0.25) is 4.55 Å². The highest BCUT2D eigenvalue weighted by atomic mass is 32.2. The quantitative estimate of drug-likeness (QED) is 0.796. The predicted octanol–water partition coefficient (Wildman–Crippen LogP) is 2.43. The SMILES string of the molecule is CCC(CCOc1cccc(C)c1)S(=O)(=O)O. The summed E-state index contributed by atoms with van der Waals surface area (Å²) in [6.07, 6.45) is 0.680. The van der Waals surface area contributed by atoms with Crippen molar-refractivity contribution in [2.75, 3.05) is 6.61 Å². The molecule has 1 rings (SSSR count). The fraction of sp³-hybridized carbons (Fsp3) is 0.500. The molecule has 0 aliphatic rings. The van der Waals surface area contributed by atoms with Gasteiger partial charge in [0.25, 0.3) is 10.1 Å². The normalized spacial score (nSPS) is 13.4. The standard InChI is InChI=1S/C12H18O4S/c1-3-12(17(13,14)15)7-8-16-11-6-4-5-10(2)9-11/h4-6,9,12H,3,7-8H2,1-2H3,(H,13,14,15). The highest BCUT2D eigenvalue weighted by Gasteiger charge is 2.20. The molecule has 0 bridgehead atoms. The third-order valence-electron chi connectivity index (χ3n) is 2.57. The Morgan fingerprint density at radius 1 is 1.41 bits per heavy atom. The Hall–Kier alpha value is -1.07. The Bertz CT molecular complexity index is 453. The third kappa shape index (κ3) is 4.75. The lowest BCUT2D eigenvalue weighted by Crippen LogP contribution is -2.22. The first kappa shape index (κ1) is 14.0. The first-order valence-corrected chi connectivity index (χ1v) is 7.09. The van der Waals surface area contributed by atoms with E-state index in [1.165, 1.54) is 0 Å². The third-order valence-corrected chi connectivity index (χ3v) is 3.99. The molecular weight excluding hydrogens is 240 g/mol. The summed E-state index contributed by atoms with van der Waals surface area (Å²) >= 11 is 0. The van der Waals surface area contributed by atoms with Crippen LogP contribution >= 0.6 is 0 Å². The fourth-order valence-corrected chi connectivity index (χ4v) is 2.39. The van der Waals surface area contributed by atoms with Gasteiger partial charge in [0, 0.05) is 6.42 Å². The zero-order valence-electron chi connectivity index (χ0n) is 10.1. The molecule has 96 valence electrons. The van der Waals surface area contributed by atoms with Gasteiger partial charge in [-0.05, 0) is 31.0 Å². The molecule has 1 aromatic carbocycles. The van der Waals surface area contributed by atoms with E-state index in [0.717, 1.165) is 11.3 Å².